The zero-order valence-electron chi connectivity index (χ0n) is 25.0. The molecule has 0 spiro atoms. The number of benzene rings is 3. The maximum atomic E-state index is 12.1. The lowest BCUT2D eigenvalue weighted by Gasteiger charge is -2.12. The number of aromatic hydroxyl groups is 1. The van der Waals surface area contributed by atoms with E-state index in [0.717, 1.165) is 0 Å². The summed E-state index contributed by atoms with van der Waals surface area (Å²) in [6.07, 6.45) is -0.855. The van der Waals surface area contributed by atoms with Crippen LogP contribution in [0.15, 0.2) is 78.9 Å². The number of ether oxygens (including phenoxy) is 3. The molecule has 46 heavy (non-hydrogen) atoms. The van der Waals surface area contributed by atoms with E-state index in [1.54, 1.807) is 36.4 Å². The van der Waals surface area contributed by atoms with Crippen molar-refractivity contribution < 1.29 is 33.7 Å². The fourth-order valence-electron chi connectivity index (χ4n) is 3.78. The zero-order valence-corrected chi connectivity index (χ0v) is 25.0. The van der Waals surface area contributed by atoms with Crippen molar-refractivity contribution in [3.63, 3.8) is 0 Å². The Kier molecular flexibility index (Phi) is 12.6. The molecule has 0 saturated carbocycles. The first-order chi connectivity index (χ1) is 22.4. The number of phenols is 1. The molecule has 3 aromatic carbocycles. The van der Waals surface area contributed by atoms with E-state index in [1.807, 2.05) is 18.2 Å². The van der Waals surface area contributed by atoms with E-state index in [9.17, 15) is 19.5 Å². The van der Waals surface area contributed by atoms with Crippen molar-refractivity contribution >= 4 is 47.1 Å². The van der Waals surface area contributed by atoms with Gasteiger partial charge in [-0.15, -0.1) is 0 Å². The summed E-state index contributed by atoms with van der Waals surface area (Å²) in [6, 6.07) is 21.7. The third-order valence-corrected chi connectivity index (χ3v) is 6.03. The molecular weight excluding hydrogens is 596 g/mol. The number of aromatic nitrogens is 3. The van der Waals surface area contributed by atoms with E-state index >= 15 is 0 Å². The number of carbonyl (C=O) groups is 3. The fourth-order valence-corrected chi connectivity index (χ4v) is 3.78. The second kappa shape index (κ2) is 17.5. The van der Waals surface area contributed by atoms with Crippen molar-refractivity contribution in [2.24, 2.45) is 0 Å². The predicted molar refractivity (Wildman–Crippen MR) is 170 cm³/mol. The minimum Gasteiger partial charge on any atom is -0.508 e. The molecule has 3 amide bonds. The SMILES string of the molecule is COC(=O)NC(=O)c1ccc(Nc2nc(NCCOCCOCCNC(=O)c3ccccc3)nc(Nc3ccc(O)cc3)n2)cc1. The predicted octanol–water partition coefficient (Wildman–Crippen LogP) is 3.44. The molecule has 4 aromatic rings. The van der Waals surface area contributed by atoms with Gasteiger partial charge in [0, 0.05) is 35.6 Å². The van der Waals surface area contributed by atoms with Crippen LogP contribution in [0.25, 0.3) is 0 Å². The first-order valence-electron chi connectivity index (χ1n) is 14.2. The number of phenolic OH excluding ortho intramolecular Hbond substituents is 1. The van der Waals surface area contributed by atoms with Gasteiger partial charge in [-0.05, 0) is 60.7 Å². The van der Waals surface area contributed by atoms with Crippen LogP contribution in [0, 0.1) is 0 Å². The summed E-state index contributed by atoms with van der Waals surface area (Å²) < 4.78 is 15.6. The highest BCUT2D eigenvalue weighted by Gasteiger charge is 2.12. The molecule has 0 radical (unpaired) electrons. The van der Waals surface area contributed by atoms with Gasteiger partial charge in [0.15, 0.2) is 0 Å². The van der Waals surface area contributed by atoms with Crippen LogP contribution in [0.4, 0.5) is 34.0 Å². The molecule has 6 N–H and O–H groups in total. The van der Waals surface area contributed by atoms with Gasteiger partial charge in [0.2, 0.25) is 17.8 Å². The Morgan fingerprint density at radius 1 is 0.652 bits per heavy atom. The van der Waals surface area contributed by atoms with E-state index in [-0.39, 0.29) is 35.1 Å². The second-order valence-corrected chi connectivity index (χ2v) is 9.40. The molecule has 1 aromatic heterocycles. The van der Waals surface area contributed by atoms with Crippen LogP contribution in [0.5, 0.6) is 5.75 Å². The minimum absolute atomic E-state index is 0.120. The third-order valence-electron chi connectivity index (χ3n) is 6.03. The quantitative estimate of drug-likeness (QED) is 0.0778. The number of imide groups is 1. The molecule has 240 valence electrons. The fraction of sp³-hybridized carbons (Fsp3) is 0.226. The summed E-state index contributed by atoms with van der Waals surface area (Å²) >= 11 is 0. The number of nitrogens with zero attached hydrogens (tertiary/aromatic N) is 3. The van der Waals surface area contributed by atoms with E-state index < -0.39 is 12.0 Å². The van der Waals surface area contributed by atoms with Gasteiger partial charge in [-0.3, -0.25) is 14.9 Å². The lowest BCUT2D eigenvalue weighted by Crippen LogP contribution is -2.30. The van der Waals surface area contributed by atoms with Crippen molar-refractivity contribution in [2.75, 3.05) is 62.6 Å². The smallest absolute Gasteiger partial charge is 0.413 e. The summed E-state index contributed by atoms with van der Waals surface area (Å²) in [7, 11) is 1.17. The average Bonchev–Trinajstić information content (AvgIpc) is 3.07. The lowest BCUT2D eigenvalue weighted by molar-refractivity contribution is 0.0519. The monoisotopic (exact) mass is 630 g/mol. The number of amides is 3. The molecule has 15 heteroatoms. The number of anilines is 5. The number of hydrogen-bond acceptors (Lipinski definition) is 13. The van der Waals surface area contributed by atoms with Crippen molar-refractivity contribution in [1.82, 2.24) is 25.6 Å². The lowest BCUT2D eigenvalue weighted by atomic mass is 10.2. The molecule has 15 nitrogen and oxygen atoms in total. The maximum absolute atomic E-state index is 12.1. The van der Waals surface area contributed by atoms with Crippen LogP contribution >= 0.6 is 0 Å². The molecule has 0 fully saturated rings. The molecule has 0 bridgehead atoms. The van der Waals surface area contributed by atoms with E-state index in [0.29, 0.717) is 56.5 Å². The number of nitrogens with one attached hydrogen (secondary N) is 5. The van der Waals surface area contributed by atoms with Gasteiger partial charge in [-0.2, -0.15) is 15.0 Å². The van der Waals surface area contributed by atoms with Gasteiger partial charge in [-0.1, -0.05) is 18.2 Å². The average molecular weight is 631 g/mol. The van der Waals surface area contributed by atoms with Crippen molar-refractivity contribution in [1.29, 1.82) is 0 Å². The number of alkyl carbamates (subject to hydrolysis) is 1. The zero-order chi connectivity index (χ0) is 32.6. The number of methoxy groups -OCH3 is 1. The minimum atomic E-state index is -0.855. The Hall–Kier alpha value is -5.80. The molecular formula is C31H34N8O7. The number of rotatable bonds is 16. The van der Waals surface area contributed by atoms with E-state index in [4.69, 9.17) is 9.47 Å². The molecule has 0 aliphatic rings. The van der Waals surface area contributed by atoms with Gasteiger partial charge in [0.1, 0.15) is 5.75 Å². The standard InChI is InChI=1S/C31H34N8O7/c1-44-31(43)36-27(42)22-7-9-23(10-8-22)34-29-37-28(38-30(39-29)35-24-11-13-25(40)14-12-24)33-16-18-46-20-19-45-17-15-32-26(41)21-5-3-2-4-6-21/h2-14,40H,15-20H2,1H3,(H,32,41)(H,36,42,43)(H3,33,34,35,37,38,39). The number of carbonyl (C=O) groups excluding carboxylic acids is 3. The van der Waals surface area contributed by atoms with Crippen LogP contribution in [-0.2, 0) is 14.2 Å². The number of hydrogen-bond donors (Lipinski definition) is 6. The Balaban J connectivity index is 1.25. The van der Waals surface area contributed by atoms with Crippen LogP contribution < -0.4 is 26.6 Å². The first kappa shape index (κ1) is 33.1. The van der Waals surface area contributed by atoms with Crippen molar-refractivity contribution in [3.8, 4) is 5.75 Å². The molecule has 0 saturated heterocycles. The summed E-state index contributed by atoms with van der Waals surface area (Å²) in [6.45, 7) is 2.21. The molecule has 1 heterocycles. The topological polar surface area (TPSA) is 198 Å². The Bertz CT molecular complexity index is 1570. The highest BCUT2D eigenvalue weighted by Crippen LogP contribution is 2.20. The summed E-state index contributed by atoms with van der Waals surface area (Å²) in [5.41, 5.74) is 2.07. The van der Waals surface area contributed by atoms with Gasteiger partial charge in [0.25, 0.3) is 11.8 Å². The van der Waals surface area contributed by atoms with Crippen LogP contribution in [0.3, 0.4) is 0 Å². The largest absolute Gasteiger partial charge is 0.508 e. The van der Waals surface area contributed by atoms with Crippen LogP contribution in [-0.4, -0.2) is 84.6 Å². The van der Waals surface area contributed by atoms with Crippen molar-refractivity contribution in [2.45, 2.75) is 0 Å². The van der Waals surface area contributed by atoms with Gasteiger partial charge >= 0.3 is 6.09 Å². The van der Waals surface area contributed by atoms with E-state index in [2.05, 4.69) is 46.3 Å². The second-order valence-electron chi connectivity index (χ2n) is 9.40. The van der Waals surface area contributed by atoms with E-state index in [1.165, 1.54) is 31.4 Å². The normalized spacial score (nSPS) is 10.5. The van der Waals surface area contributed by atoms with Gasteiger partial charge in [0.05, 0.1) is 33.5 Å². The molecule has 0 aliphatic heterocycles. The molecule has 4 rings (SSSR count). The third kappa shape index (κ3) is 11.0. The Morgan fingerprint density at radius 2 is 1.20 bits per heavy atom. The summed E-state index contributed by atoms with van der Waals surface area (Å²) in [5, 5.41) is 23.7. The summed E-state index contributed by atoms with van der Waals surface area (Å²) in [5.74, 6) is 0.0694. The maximum Gasteiger partial charge on any atom is 0.413 e. The highest BCUT2D eigenvalue weighted by atomic mass is 16.5. The Morgan fingerprint density at radius 3 is 1.80 bits per heavy atom. The van der Waals surface area contributed by atoms with Crippen LogP contribution in [0.1, 0.15) is 20.7 Å². The van der Waals surface area contributed by atoms with Crippen LogP contribution in [0.2, 0.25) is 0 Å². The highest BCUT2D eigenvalue weighted by molar-refractivity contribution is 6.03. The molecule has 0 aliphatic carbocycles. The van der Waals surface area contributed by atoms with Gasteiger partial charge < -0.3 is 40.6 Å². The summed E-state index contributed by atoms with van der Waals surface area (Å²) in [4.78, 5) is 48.7. The van der Waals surface area contributed by atoms with Gasteiger partial charge in [-0.25, -0.2) is 4.79 Å². The molecule has 0 atom stereocenters. The van der Waals surface area contributed by atoms with Crippen molar-refractivity contribution in [3.05, 3.63) is 90.0 Å². The Labute approximate surface area is 264 Å². The molecule has 0 unspecified atom stereocenters. The first-order valence-corrected chi connectivity index (χ1v) is 14.2.